The van der Waals surface area contributed by atoms with Gasteiger partial charge in [0.2, 0.25) is 10.0 Å². The smallest absolute Gasteiger partial charge is 0.254 e. The van der Waals surface area contributed by atoms with E-state index < -0.39 is 21.7 Å². The van der Waals surface area contributed by atoms with Crippen molar-refractivity contribution in [3.8, 4) is 0 Å². The van der Waals surface area contributed by atoms with Crippen LogP contribution < -0.4 is 5.32 Å². The number of nitrogens with one attached hydrogen (secondary N) is 1. The summed E-state index contributed by atoms with van der Waals surface area (Å²) in [7, 11) is -3.77. The Morgan fingerprint density at radius 1 is 1.17 bits per heavy atom. The zero-order chi connectivity index (χ0) is 21.7. The number of amides is 1. The average Bonchev–Trinajstić information content (AvgIpc) is 3.14. The van der Waals surface area contributed by atoms with Crippen LogP contribution in [0.5, 0.6) is 0 Å². The maximum absolute atomic E-state index is 14.2. The van der Waals surface area contributed by atoms with Gasteiger partial charge in [0.05, 0.1) is 25.7 Å². The summed E-state index contributed by atoms with van der Waals surface area (Å²) >= 11 is 1.61. The molecule has 1 amide bonds. The third kappa shape index (κ3) is 4.85. The molecule has 0 atom stereocenters. The van der Waals surface area contributed by atoms with E-state index in [0.29, 0.717) is 32.5 Å². The van der Waals surface area contributed by atoms with Crippen LogP contribution in [0.2, 0.25) is 0 Å². The Balaban J connectivity index is 1.63. The van der Waals surface area contributed by atoms with Crippen LogP contribution >= 0.6 is 11.3 Å². The molecule has 0 aliphatic heterocycles. The minimum atomic E-state index is -3.77. The Bertz CT molecular complexity index is 1110. The average molecular weight is 450 g/mol. The maximum atomic E-state index is 14.2. The molecule has 3 rings (SSSR count). The summed E-state index contributed by atoms with van der Waals surface area (Å²) in [6.45, 7) is 4.38. The van der Waals surface area contributed by atoms with Crippen molar-refractivity contribution in [3.63, 3.8) is 0 Å². The van der Waals surface area contributed by atoms with Crippen LogP contribution in [0.3, 0.4) is 0 Å². The third-order valence-electron chi connectivity index (χ3n) is 4.72. The number of para-hydroxylation sites is 1. The Hall–Kier alpha value is -2.36. The standard InChI is InChI=1S/C21H24FN3O3S2/c1-3-25(4-2)30(27,28)15-11-12-17(22)16(14-15)21(26)23-13-7-10-20-24-18-8-5-6-9-19(18)29-20/h5-6,8-9,11-12,14H,3-4,7,10,13H2,1-2H3,(H,23,26). The molecule has 2 aromatic carbocycles. The molecule has 0 saturated heterocycles. The number of carbonyl (C=O) groups is 1. The van der Waals surface area contributed by atoms with E-state index in [-0.39, 0.29) is 10.5 Å². The van der Waals surface area contributed by atoms with Gasteiger partial charge in [0.1, 0.15) is 5.82 Å². The molecule has 1 N–H and O–H groups in total. The molecule has 0 unspecified atom stereocenters. The predicted molar refractivity (Wildman–Crippen MR) is 117 cm³/mol. The van der Waals surface area contributed by atoms with E-state index in [0.717, 1.165) is 27.4 Å². The number of nitrogens with zero attached hydrogens (tertiary/aromatic N) is 2. The zero-order valence-electron chi connectivity index (χ0n) is 16.9. The van der Waals surface area contributed by atoms with Gasteiger partial charge in [-0.15, -0.1) is 11.3 Å². The summed E-state index contributed by atoms with van der Waals surface area (Å²) < 4.78 is 41.8. The molecule has 1 aromatic heterocycles. The van der Waals surface area contributed by atoms with Crippen LogP contribution in [0.25, 0.3) is 10.2 Å². The van der Waals surface area contributed by atoms with E-state index in [2.05, 4.69) is 10.3 Å². The van der Waals surface area contributed by atoms with Crippen LogP contribution in [-0.4, -0.2) is 43.2 Å². The van der Waals surface area contributed by atoms with Gasteiger partial charge in [-0.2, -0.15) is 4.31 Å². The highest BCUT2D eigenvalue weighted by Gasteiger charge is 2.24. The van der Waals surface area contributed by atoms with E-state index in [1.165, 1.54) is 10.4 Å². The van der Waals surface area contributed by atoms with Crippen LogP contribution in [0.4, 0.5) is 4.39 Å². The molecule has 0 spiro atoms. The summed E-state index contributed by atoms with van der Waals surface area (Å²) in [6.07, 6.45) is 1.34. The Morgan fingerprint density at radius 3 is 2.60 bits per heavy atom. The summed E-state index contributed by atoms with van der Waals surface area (Å²) in [6, 6.07) is 11.2. The fourth-order valence-electron chi connectivity index (χ4n) is 3.12. The molecule has 6 nitrogen and oxygen atoms in total. The molecule has 0 bridgehead atoms. The molecule has 3 aromatic rings. The molecule has 9 heteroatoms. The first-order valence-corrected chi connectivity index (χ1v) is 12.0. The minimum absolute atomic E-state index is 0.0905. The molecule has 0 aliphatic rings. The van der Waals surface area contributed by atoms with E-state index >= 15 is 0 Å². The number of thiazole rings is 1. The second-order valence-electron chi connectivity index (χ2n) is 6.67. The summed E-state index contributed by atoms with van der Waals surface area (Å²) in [4.78, 5) is 16.9. The van der Waals surface area contributed by atoms with Crippen molar-refractivity contribution in [2.45, 2.75) is 31.6 Å². The van der Waals surface area contributed by atoms with Gasteiger partial charge in [0, 0.05) is 26.1 Å². The first-order chi connectivity index (χ1) is 14.4. The van der Waals surface area contributed by atoms with E-state index in [1.54, 1.807) is 25.2 Å². The number of fused-ring (bicyclic) bond motifs is 1. The lowest BCUT2D eigenvalue weighted by Crippen LogP contribution is -2.31. The fraction of sp³-hybridized carbons (Fsp3) is 0.333. The van der Waals surface area contributed by atoms with Crippen molar-refractivity contribution in [1.82, 2.24) is 14.6 Å². The number of halogens is 1. The highest BCUT2D eigenvalue weighted by atomic mass is 32.2. The molecular weight excluding hydrogens is 425 g/mol. The zero-order valence-corrected chi connectivity index (χ0v) is 18.5. The lowest BCUT2D eigenvalue weighted by atomic mass is 10.2. The first kappa shape index (κ1) is 22.3. The van der Waals surface area contributed by atoms with Crippen molar-refractivity contribution in [3.05, 3.63) is 58.9 Å². The number of carbonyl (C=O) groups excluding carboxylic acids is 1. The second-order valence-corrected chi connectivity index (χ2v) is 9.72. The van der Waals surface area contributed by atoms with Gasteiger partial charge >= 0.3 is 0 Å². The molecule has 0 saturated carbocycles. The summed E-state index contributed by atoms with van der Waals surface area (Å²) in [5.74, 6) is -1.38. The van der Waals surface area contributed by atoms with Crippen LogP contribution in [0.1, 0.15) is 35.6 Å². The van der Waals surface area contributed by atoms with Gasteiger partial charge in [-0.25, -0.2) is 17.8 Å². The normalized spacial score (nSPS) is 11.9. The Labute approximate surface area is 179 Å². The Morgan fingerprint density at radius 2 is 1.90 bits per heavy atom. The number of aryl methyl sites for hydroxylation is 1. The first-order valence-electron chi connectivity index (χ1n) is 9.79. The van der Waals surface area contributed by atoms with E-state index in [9.17, 15) is 17.6 Å². The molecule has 30 heavy (non-hydrogen) atoms. The van der Waals surface area contributed by atoms with Gasteiger partial charge in [-0.1, -0.05) is 26.0 Å². The number of aromatic nitrogens is 1. The van der Waals surface area contributed by atoms with Gasteiger partial charge < -0.3 is 5.32 Å². The molecule has 1 heterocycles. The Kier molecular flexibility index (Phi) is 7.17. The van der Waals surface area contributed by atoms with Crippen molar-refractivity contribution < 1.29 is 17.6 Å². The fourth-order valence-corrected chi connectivity index (χ4v) is 5.61. The van der Waals surface area contributed by atoms with Crippen molar-refractivity contribution in [1.29, 1.82) is 0 Å². The largest absolute Gasteiger partial charge is 0.352 e. The van der Waals surface area contributed by atoms with Crippen molar-refractivity contribution in [2.75, 3.05) is 19.6 Å². The predicted octanol–water partition coefficient (Wildman–Crippen LogP) is 3.83. The molecule has 0 radical (unpaired) electrons. The highest BCUT2D eigenvalue weighted by Crippen LogP contribution is 2.22. The van der Waals surface area contributed by atoms with Gasteiger partial charge in [0.25, 0.3) is 5.91 Å². The van der Waals surface area contributed by atoms with Gasteiger partial charge in [-0.05, 0) is 36.8 Å². The maximum Gasteiger partial charge on any atom is 0.254 e. The minimum Gasteiger partial charge on any atom is -0.352 e. The van der Waals surface area contributed by atoms with Crippen LogP contribution in [-0.2, 0) is 16.4 Å². The van der Waals surface area contributed by atoms with Crippen LogP contribution in [0.15, 0.2) is 47.4 Å². The SMILES string of the molecule is CCN(CC)S(=O)(=O)c1ccc(F)c(C(=O)NCCCc2nc3ccccc3s2)c1. The number of hydrogen-bond donors (Lipinski definition) is 1. The number of hydrogen-bond acceptors (Lipinski definition) is 5. The lowest BCUT2D eigenvalue weighted by molar-refractivity contribution is 0.0949. The monoisotopic (exact) mass is 449 g/mol. The lowest BCUT2D eigenvalue weighted by Gasteiger charge is -2.19. The highest BCUT2D eigenvalue weighted by molar-refractivity contribution is 7.89. The third-order valence-corrected chi connectivity index (χ3v) is 7.86. The summed E-state index contributed by atoms with van der Waals surface area (Å²) in [5.41, 5.74) is 0.679. The molecule has 0 aliphatic carbocycles. The number of rotatable bonds is 9. The molecule has 160 valence electrons. The molecule has 0 fully saturated rings. The van der Waals surface area contributed by atoms with E-state index in [4.69, 9.17) is 0 Å². The second kappa shape index (κ2) is 9.63. The van der Waals surface area contributed by atoms with Crippen LogP contribution in [0, 0.1) is 5.82 Å². The number of benzene rings is 2. The molecular formula is C21H24FN3O3S2. The van der Waals surface area contributed by atoms with Gasteiger partial charge in [0.15, 0.2) is 0 Å². The van der Waals surface area contributed by atoms with E-state index in [1.807, 2.05) is 24.3 Å². The number of sulfonamides is 1. The van der Waals surface area contributed by atoms with Crippen molar-refractivity contribution in [2.24, 2.45) is 0 Å². The quantitative estimate of drug-likeness (QED) is 0.504. The van der Waals surface area contributed by atoms with Crippen molar-refractivity contribution >= 4 is 37.5 Å². The summed E-state index contributed by atoms with van der Waals surface area (Å²) in [5, 5.41) is 3.65. The topological polar surface area (TPSA) is 79.4 Å². The van der Waals surface area contributed by atoms with Gasteiger partial charge in [-0.3, -0.25) is 4.79 Å².